The van der Waals surface area contributed by atoms with Crippen molar-refractivity contribution in [3.05, 3.63) is 75.3 Å². The lowest BCUT2D eigenvalue weighted by Crippen LogP contribution is -2.34. The fraction of sp³-hybridized carbons (Fsp3) is 0.250. The summed E-state index contributed by atoms with van der Waals surface area (Å²) < 4.78 is 1.29. The molecule has 5 nitrogen and oxygen atoms in total. The summed E-state index contributed by atoms with van der Waals surface area (Å²) in [5.41, 5.74) is 2.54. The van der Waals surface area contributed by atoms with Crippen LogP contribution in [-0.4, -0.2) is 15.5 Å². The normalized spacial score (nSPS) is 12.1. The number of fused-ring (bicyclic) bond motifs is 1. The molecule has 26 heavy (non-hydrogen) atoms. The van der Waals surface area contributed by atoms with Crippen LogP contribution in [0.5, 0.6) is 0 Å². The molecule has 0 aliphatic rings. The molecule has 6 heteroatoms. The molecule has 3 aromatic rings. The minimum absolute atomic E-state index is 0.0916. The third-order valence-corrected chi connectivity index (χ3v) is 4.60. The van der Waals surface area contributed by atoms with Crippen LogP contribution in [0.3, 0.4) is 0 Å². The zero-order chi connectivity index (χ0) is 18.7. The molecule has 1 heterocycles. The molecule has 0 aliphatic heterocycles. The third-order valence-electron chi connectivity index (χ3n) is 4.37. The molecule has 0 saturated carbocycles. The van der Waals surface area contributed by atoms with E-state index in [2.05, 4.69) is 29.4 Å². The first kappa shape index (κ1) is 18.1. The Balaban J connectivity index is 1.74. The van der Waals surface area contributed by atoms with Gasteiger partial charge in [-0.05, 0) is 42.7 Å². The van der Waals surface area contributed by atoms with E-state index < -0.39 is 0 Å². The highest BCUT2D eigenvalue weighted by atomic mass is 35.5. The molecule has 3 rings (SSSR count). The number of nitrogens with zero attached hydrogens (tertiary/aromatic N) is 2. The SMILES string of the molecule is CCc1ccc(C(C)NC(=O)Cn2cnc3ccc(Cl)cc3c2=O)cc1. The number of aryl methyl sites for hydroxylation is 1. The van der Waals surface area contributed by atoms with Crippen LogP contribution in [0.2, 0.25) is 5.02 Å². The Labute approximate surface area is 156 Å². The monoisotopic (exact) mass is 369 g/mol. The molecule has 1 unspecified atom stereocenters. The molecule has 1 aromatic heterocycles. The van der Waals surface area contributed by atoms with Gasteiger partial charge in [0, 0.05) is 5.02 Å². The average Bonchev–Trinajstić information content (AvgIpc) is 2.64. The fourth-order valence-corrected chi connectivity index (χ4v) is 2.98. The highest BCUT2D eigenvalue weighted by Gasteiger charge is 2.12. The predicted molar refractivity (Wildman–Crippen MR) is 103 cm³/mol. The zero-order valence-electron chi connectivity index (χ0n) is 14.7. The van der Waals surface area contributed by atoms with Crippen molar-refractivity contribution in [2.45, 2.75) is 32.9 Å². The van der Waals surface area contributed by atoms with Crippen molar-refractivity contribution in [2.75, 3.05) is 0 Å². The number of carbonyl (C=O) groups excluding carboxylic acids is 1. The highest BCUT2D eigenvalue weighted by Crippen LogP contribution is 2.15. The van der Waals surface area contributed by atoms with Crippen LogP contribution in [0.4, 0.5) is 0 Å². The standard InChI is InChI=1S/C20H20ClN3O2/c1-3-14-4-6-15(7-5-14)13(2)23-19(25)11-24-12-22-18-9-8-16(21)10-17(18)20(24)26/h4-10,12-13H,3,11H2,1-2H3,(H,23,25). The molecular weight excluding hydrogens is 350 g/mol. The van der Waals surface area contributed by atoms with Gasteiger partial charge in [0.25, 0.3) is 5.56 Å². The van der Waals surface area contributed by atoms with Crippen molar-refractivity contribution in [3.8, 4) is 0 Å². The Bertz CT molecular complexity index is 996. The van der Waals surface area contributed by atoms with E-state index in [1.807, 2.05) is 19.1 Å². The van der Waals surface area contributed by atoms with E-state index >= 15 is 0 Å². The number of hydrogen-bond donors (Lipinski definition) is 1. The second-order valence-electron chi connectivity index (χ2n) is 6.22. The Hall–Kier alpha value is -2.66. The van der Waals surface area contributed by atoms with Crippen molar-refractivity contribution >= 4 is 28.4 Å². The van der Waals surface area contributed by atoms with E-state index in [0.29, 0.717) is 15.9 Å². The molecule has 0 spiro atoms. The molecule has 0 fully saturated rings. The minimum Gasteiger partial charge on any atom is -0.348 e. The Kier molecular flexibility index (Phi) is 5.38. The van der Waals surface area contributed by atoms with Gasteiger partial charge < -0.3 is 5.32 Å². The van der Waals surface area contributed by atoms with Crippen LogP contribution in [0.1, 0.15) is 31.0 Å². The summed E-state index contributed by atoms with van der Waals surface area (Å²) >= 11 is 5.95. The molecule has 0 saturated heterocycles. The maximum atomic E-state index is 12.5. The Morgan fingerprint density at radius 2 is 1.96 bits per heavy atom. The number of nitrogens with one attached hydrogen (secondary N) is 1. The summed E-state index contributed by atoms with van der Waals surface area (Å²) in [6, 6.07) is 12.9. The van der Waals surface area contributed by atoms with Gasteiger partial charge in [-0.1, -0.05) is 42.8 Å². The van der Waals surface area contributed by atoms with Crippen LogP contribution < -0.4 is 10.9 Å². The second-order valence-corrected chi connectivity index (χ2v) is 6.66. The quantitative estimate of drug-likeness (QED) is 0.748. The van der Waals surface area contributed by atoms with Gasteiger partial charge in [0.2, 0.25) is 5.91 Å². The maximum absolute atomic E-state index is 12.5. The van der Waals surface area contributed by atoms with Gasteiger partial charge in [0.1, 0.15) is 6.54 Å². The van der Waals surface area contributed by atoms with Gasteiger partial charge >= 0.3 is 0 Å². The summed E-state index contributed by atoms with van der Waals surface area (Å²) in [6.07, 6.45) is 2.36. The van der Waals surface area contributed by atoms with E-state index in [4.69, 9.17) is 11.6 Å². The van der Waals surface area contributed by atoms with E-state index in [1.54, 1.807) is 18.2 Å². The van der Waals surface area contributed by atoms with Crippen molar-refractivity contribution in [1.82, 2.24) is 14.9 Å². The van der Waals surface area contributed by atoms with Crippen molar-refractivity contribution in [3.63, 3.8) is 0 Å². The molecule has 134 valence electrons. The first-order valence-corrected chi connectivity index (χ1v) is 8.88. The second kappa shape index (κ2) is 7.70. The van der Waals surface area contributed by atoms with Crippen LogP contribution in [0.15, 0.2) is 53.6 Å². The predicted octanol–water partition coefficient (Wildman–Crippen LogP) is 3.49. The molecule has 1 N–H and O–H groups in total. The number of aromatic nitrogens is 2. The number of hydrogen-bond acceptors (Lipinski definition) is 3. The average molecular weight is 370 g/mol. The largest absolute Gasteiger partial charge is 0.348 e. The van der Waals surface area contributed by atoms with Gasteiger partial charge in [-0.3, -0.25) is 14.2 Å². The Morgan fingerprint density at radius 1 is 1.23 bits per heavy atom. The molecule has 2 aromatic carbocycles. The highest BCUT2D eigenvalue weighted by molar-refractivity contribution is 6.31. The lowest BCUT2D eigenvalue weighted by molar-refractivity contribution is -0.122. The summed E-state index contributed by atoms with van der Waals surface area (Å²) in [5, 5.41) is 3.78. The summed E-state index contributed by atoms with van der Waals surface area (Å²) in [7, 11) is 0. The van der Waals surface area contributed by atoms with Crippen molar-refractivity contribution in [1.29, 1.82) is 0 Å². The molecule has 1 amide bonds. The number of benzene rings is 2. The minimum atomic E-state index is -0.285. The van der Waals surface area contributed by atoms with Crippen LogP contribution in [0.25, 0.3) is 10.9 Å². The van der Waals surface area contributed by atoms with Crippen molar-refractivity contribution < 1.29 is 4.79 Å². The molecule has 0 radical (unpaired) electrons. The maximum Gasteiger partial charge on any atom is 0.261 e. The first-order chi connectivity index (χ1) is 12.5. The van der Waals surface area contributed by atoms with Gasteiger partial charge in [0.15, 0.2) is 0 Å². The smallest absolute Gasteiger partial charge is 0.261 e. The first-order valence-electron chi connectivity index (χ1n) is 8.51. The van der Waals surface area contributed by atoms with E-state index in [0.717, 1.165) is 12.0 Å². The lowest BCUT2D eigenvalue weighted by Gasteiger charge is -2.15. The van der Waals surface area contributed by atoms with Crippen LogP contribution >= 0.6 is 11.6 Å². The van der Waals surface area contributed by atoms with Crippen LogP contribution in [-0.2, 0) is 17.8 Å². The number of rotatable bonds is 5. The van der Waals surface area contributed by atoms with Crippen LogP contribution in [0, 0.1) is 0 Å². The number of carbonyl (C=O) groups is 1. The van der Waals surface area contributed by atoms with Gasteiger partial charge in [-0.25, -0.2) is 4.98 Å². The van der Waals surface area contributed by atoms with E-state index in [9.17, 15) is 9.59 Å². The molecule has 0 bridgehead atoms. The lowest BCUT2D eigenvalue weighted by atomic mass is 10.1. The van der Waals surface area contributed by atoms with Gasteiger partial charge in [0.05, 0.1) is 23.3 Å². The summed E-state index contributed by atoms with van der Waals surface area (Å²) in [6.45, 7) is 3.93. The fourth-order valence-electron chi connectivity index (χ4n) is 2.81. The number of amides is 1. The zero-order valence-corrected chi connectivity index (χ0v) is 15.5. The topological polar surface area (TPSA) is 64.0 Å². The van der Waals surface area contributed by atoms with Crippen molar-refractivity contribution in [2.24, 2.45) is 0 Å². The Morgan fingerprint density at radius 3 is 2.65 bits per heavy atom. The number of halogens is 1. The van der Waals surface area contributed by atoms with Gasteiger partial charge in [-0.2, -0.15) is 0 Å². The third kappa shape index (κ3) is 3.94. The molecular formula is C20H20ClN3O2. The summed E-state index contributed by atoms with van der Waals surface area (Å²) in [4.78, 5) is 29.1. The van der Waals surface area contributed by atoms with Gasteiger partial charge in [-0.15, -0.1) is 0 Å². The summed E-state index contributed by atoms with van der Waals surface area (Å²) in [5.74, 6) is -0.248. The molecule has 0 aliphatic carbocycles. The van der Waals surface area contributed by atoms with E-state index in [-0.39, 0.29) is 24.1 Å². The van der Waals surface area contributed by atoms with E-state index in [1.165, 1.54) is 16.5 Å². The molecule has 1 atom stereocenters.